The van der Waals surface area contributed by atoms with Crippen molar-refractivity contribution in [1.82, 2.24) is 9.62 Å². The number of fused-ring (bicyclic) bond motifs is 6. The fourth-order valence-corrected chi connectivity index (χ4v) is 10.8. The maximum atomic E-state index is 13.6. The molecule has 4 aliphatic heterocycles. The third-order valence-corrected chi connectivity index (χ3v) is 14.7. The van der Waals surface area contributed by atoms with Crippen LogP contribution in [0.15, 0.2) is 48.6 Å². The number of anilines is 1. The van der Waals surface area contributed by atoms with Gasteiger partial charge in [0.15, 0.2) is 0 Å². The molecule has 1 amide bonds. The highest BCUT2D eigenvalue weighted by Gasteiger charge is 2.52. The molecule has 1 unspecified atom stereocenters. The summed E-state index contributed by atoms with van der Waals surface area (Å²) in [4.78, 5) is 18.6. The van der Waals surface area contributed by atoms with Crippen molar-refractivity contribution in [2.24, 2.45) is 17.8 Å². The van der Waals surface area contributed by atoms with E-state index in [4.69, 9.17) is 25.8 Å². The number of morpholine rings is 2. The first-order valence-electron chi connectivity index (χ1n) is 18.1. The molecule has 8 rings (SSSR count). The van der Waals surface area contributed by atoms with Gasteiger partial charge in [-0.05, 0) is 105 Å². The highest BCUT2D eigenvalue weighted by atomic mass is 35.5. The number of halogens is 1. The molecule has 0 aromatic heterocycles. The van der Waals surface area contributed by atoms with E-state index in [0.717, 1.165) is 81.3 Å². The zero-order chi connectivity index (χ0) is 34.0. The highest BCUT2D eigenvalue weighted by Crippen LogP contribution is 2.50. The topological polar surface area (TPSA) is 97.4 Å². The molecule has 2 aromatic rings. The Labute approximate surface area is 295 Å². The molecule has 264 valence electrons. The maximum Gasteiger partial charge on any atom is 0.264 e. The summed E-state index contributed by atoms with van der Waals surface area (Å²) >= 11 is 6.48. The van der Waals surface area contributed by atoms with Crippen LogP contribution in [0, 0.1) is 17.8 Å². The van der Waals surface area contributed by atoms with Crippen LogP contribution < -0.4 is 14.4 Å². The monoisotopic (exact) mass is 709 g/mol. The van der Waals surface area contributed by atoms with Crippen LogP contribution in [0.5, 0.6) is 5.75 Å². The van der Waals surface area contributed by atoms with Gasteiger partial charge in [-0.2, -0.15) is 0 Å². The smallest absolute Gasteiger partial charge is 0.264 e. The summed E-state index contributed by atoms with van der Waals surface area (Å²) in [5.74, 6) is 0.557. The molecule has 2 aliphatic carbocycles. The van der Waals surface area contributed by atoms with E-state index in [1.807, 2.05) is 25.1 Å². The largest absolute Gasteiger partial charge is 0.490 e. The predicted molar refractivity (Wildman–Crippen MR) is 190 cm³/mol. The summed E-state index contributed by atoms with van der Waals surface area (Å²) in [6, 6.07) is 11.9. The van der Waals surface area contributed by atoms with Crippen LogP contribution in [0.4, 0.5) is 5.69 Å². The van der Waals surface area contributed by atoms with Gasteiger partial charge in [-0.1, -0.05) is 36.7 Å². The minimum atomic E-state index is -3.94. The third kappa shape index (κ3) is 6.09. The number of carbonyl (C=O) groups excluding carboxylic acids is 1. The quantitative estimate of drug-likeness (QED) is 0.366. The Morgan fingerprint density at radius 2 is 1.94 bits per heavy atom. The molecule has 0 radical (unpaired) electrons. The molecule has 1 N–H and O–H groups in total. The summed E-state index contributed by atoms with van der Waals surface area (Å²) in [5.41, 5.74) is 2.98. The number of hydrogen-bond acceptors (Lipinski definition) is 8. The number of hydrogen-bond donors (Lipinski definition) is 1. The van der Waals surface area contributed by atoms with Crippen molar-refractivity contribution in [3.8, 4) is 5.75 Å². The van der Waals surface area contributed by atoms with Crippen molar-refractivity contribution in [2.45, 2.75) is 74.7 Å². The van der Waals surface area contributed by atoms with Crippen LogP contribution in [0.1, 0.15) is 67.4 Å². The van der Waals surface area contributed by atoms with Gasteiger partial charge in [0.05, 0.1) is 43.4 Å². The summed E-state index contributed by atoms with van der Waals surface area (Å²) in [6.45, 7) is 9.37. The Balaban J connectivity index is 1.21. The minimum absolute atomic E-state index is 0.205. The molecule has 6 aliphatic rings. The second-order valence-corrected chi connectivity index (χ2v) is 18.0. The van der Waals surface area contributed by atoms with Gasteiger partial charge in [0.1, 0.15) is 11.4 Å². The molecular weight excluding hydrogens is 662 g/mol. The summed E-state index contributed by atoms with van der Waals surface area (Å²) in [5, 5.41) is -0.0173. The number of benzene rings is 2. The predicted octanol–water partition coefficient (Wildman–Crippen LogP) is 5.35. The second-order valence-electron chi connectivity index (χ2n) is 15.5. The SMILES string of the molecule is C[C@@H]1[C@@H](C)C/C=C/C2(CN3CCOC[C@H]3CO2)[C@@H]2CC[C@H]2CN2C[C@@]3(CCCc4cc(Cl)ccc43)COc3ccc(cc32)C(=O)NS1(=O)=O. The van der Waals surface area contributed by atoms with Crippen molar-refractivity contribution in [2.75, 3.05) is 57.5 Å². The number of nitrogens with zero attached hydrogens (tertiary/aromatic N) is 2. The number of sulfonamides is 1. The molecule has 2 saturated heterocycles. The Bertz CT molecular complexity index is 1750. The van der Waals surface area contributed by atoms with Crippen molar-refractivity contribution in [3.63, 3.8) is 0 Å². The van der Waals surface area contributed by atoms with Crippen LogP contribution in [-0.4, -0.2) is 88.7 Å². The van der Waals surface area contributed by atoms with Crippen molar-refractivity contribution in [1.29, 1.82) is 0 Å². The van der Waals surface area contributed by atoms with Crippen molar-refractivity contribution in [3.05, 3.63) is 70.3 Å². The Kier molecular flexibility index (Phi) is 8.79. The summed E-state index contributed by atoms with van der Waals surface area (Å²) < 4.78 is 48.8. The van der Waals surface area contributed by atoms with Crippen LogP contribution >= 0.6 is 11.6 Å². The molecule has 11 heteroatoms. The molecule has 4 heterocycles. The van der Waals surface area contributed by atoms with Gasteiger partial charge < -0.3 is 19.1 Å². The molecule has 7 atom stereocenters. The molecule has 2 spiro atoms. The first-order valence-corrected chi connectivity index (χ1v) is 20.0. The van der Waals surface area contributed by atoms with Gasteiger partial charge in [0, 0.05) is 42.2 Å². The van der Waals surface area contributed by atoms with E-state index < -0.39 is 26.8 Å². The maximum absolute atomic E-state index is 13.6. The fraction of sp³-hybridized carbons (Fsp3) is 0.605. The number of aryl methyl sites for hydroxylation is 1. The second kappa shape index (κ2) is 12.9. The Hall–Kier alpha value is -2.63. The van der Waals surface area contributed by atoms with Gasteiger partial charge in [-0.25, -0.2) is 13.1 Å². The Morgan fingerprint density at radius 1 is 1.06 bits per heavy atom. The van der Waals surface area contributed by atoms with Crippen LogP contribution in [0.3, 0.4) is 0 Å². The summed E-state index contributed by atoms with van der Waals surface area (Å²) in [7, 11) is -3.94. The van der Waals surface area contributed by atoms with Crippen molar-refractivity contribution >= 4 is 33.2 Å². The lowest BCUT2D eigenvalue weighted by Crippen LogP contribution is -2.65. The number of nitrogens with one attached hydrogen (secondary N) is 1. The van der Waals surface area contributed by atoms with Gasteiger partial charge in [-0.15, -0.1) is 0 Å². The van der Waals surface area contributed by atoms with E-state index in [9.17, 15) is 13.2 Å². The number of rotatable bonds is 0. The zero-order valence-corrected chi connectivity index (χ0v) is 30.1. The molecule has 3 fully saturated rings. The lowest BCUT2D eigenvalue weighted by atomic mass is 9.63. The molecule has 9 nitrogen and oxygen atoms in total. The molecule has 1 saturated carbocycles. The van der Waals surface area contributed by atoms with E-state index in [2.05, 4.69) is 38.8 Å². The van der Waals surface area contributed by atoms with E-state index in [1.165, 1.54) is 11.1 Å². The lowest BCUT2D eigenvalue weighted by Gasteiger charge is -2.56. The lowest BCUT2D eigenvalue weighted by molar-refractivity contribution is -0.186. The average Bonchev–Trinajstić information content (AvgIpc) is 3.22. The van der Waals surface area contributed by atoms with E-state index in [-0.39, 0.29) is 17.4 Å². The average molecular weight is 710 g/mol. The highest BCUT2D eigenvalue weighted by molar-refractivity contribution is 7.90. The molecule has 2 aromatic carbocycles. The van der Waals surface area contributed by atoms with Gasteiger partial charge >= 0.3 is 0 Å². The number of allylic oxidation sites excluding steroid dienone is 1. The first kappa shape index (κ1) is 33.5. The van der Waals surface area contributed by atoms with Crippen LogP contribution in [0.2, 0.25) is 5.02 Å². The van der Waals surface area contributed by atoms with Crippen molar-refractivity contribution < 1.29 is 27.4 Å². The summed E-state index contributed by atoms with van der Waals surface area (Å²) in [6.07, 6.45) is 10.1. The van der Waals surface area contributed by atoms with Gasteiger partial charge in [0.2, 0.25) is 10.0 Å². The fourth-order valence-electron chi connectivity index (χ4n) is 9.34. The van der Waals surface area contributed by atoms with Crippen LogP contribution in [-0.2, 0) is 31.3 Å². The van der Waals surface area contributed by atoms with Gasteiger partial charge in [0.25, 0.3) is 5.91 Å². The van der Waals surface area contributed by atoms with Gasteiger partial charge in [-0.3, -0.25) is 9.69 Å². The number of carbonyl (C=O) groups is 1. The standard InChI is InChI=1S/C38H48ClN3O6S/c1-25-5-3-14-38(23-41-15-16-46-20-31(41)21-48-38)33-10-7-29(33)19-42-22-37(13-4-6-27-17-30(39)9-11-32(27)37)24-47-35-12-8-28(18-34(35)42)36(43)40-49(44,45)26(25)2/h3,8-9,11-12,14,17-18,25-26,29,31,33H,4-7,10,13,15-16,19-24H2,1-2H3,(H,40,43)/b14-3+/t25-,26+,29-,31-,33+,37-,38?/m0/s1. The zero-order valence-electron chi connectivity index (χ0n) is 28.5. The molecule has 2 bridgehead atoms. The first-order chi connectivity index (χ1) is 23.6. The number of ether oxygens (including phenoxy) is 3. The molecule has 49 heavy (non-hydrogen) atoms. The Morgan fingerprint density at radius 3 is 2.78 bits per heavy atom. The minimum Gasteiger partial charge on any atom is -0.490 e. The normalized spacial score (nSPS) is 36.7. The van der Waals surface area contributed by atoms with E-state index >= 15 is 0 Å². The molecular formula is C38H48ClN3O6S. The van der Waals surface area contributed by atoms with Crippen LogP contribution in [0.25, 0.3) is 0 Å². The van der Waals surface area contributed by atoms with E-state index in [1.54, 1.807) is 13.0 Å². The third-order valence-electron chi connectivity index (χ3n) is 12.6. The van der Waals surface area contributed by atoms with E-state index in [0.29, 0.717) is 43.6 Å². The number of amides is 1.